The second kappa shape index (κ2) is 6.65. The maximum Gasteiger partial charge on any atom is 0.573 e. The Hall–Kier alpha value is -1.28. The van der Waals surface area contributed by atoms with Crippen LogP contribution >= 0.6 is 0 Å². The molecule has 0 heterocycles. The van der Waals surface area contributed by atoms with E-state index < -0.39 is 33.2 Å². The van der Waals surface area contributed by atoms with Crippen molar-refractivity contribution in [3.05, 3.63) is 29.8 Å². The summed E-state index contributed by atoms with van der Waals surface area (Å²) in [6.45, 7) is 3.60. The van der Waals surface area contributed by atoms with Crippen molar-refractivity contribution in [2.45, 2.75) is 31.5 Å². The van der Waals surface area contributed by atoms with E-state index in [1.807, 2.05) is 0 Å². The predicted molar refractivity (Wildman–Crippen MR) is 73.8 cm³/mol. The summed E-state index contributed by atoms with van der Waals surface area (Å²) in [5.74, 6) is -0.397. The Morgan fingerprint density at radius 1 is 1.29 bits per heavy atom. The standard InChI is InChI=1S/C13H18F3NO3S/c1-4-17-12(9(2)21(3,18)19)10-7-5-6-8-11(10)20-13(14,15)16/h5-9,12,17H,4H2,1-3H3. The highest BCUT2D eigenvalue weighted by Gasteiger charge is 2.35. The average molecular weight is 325 g/mol. The van der Waals surface area contributed by atoms with Crippen LogP contribution in [0, 0.1) is 0 Å². The van der Waals surface area contributed by atoms with Crippen LogP contribution in [0.2, 0.25) is 0 Å². The fourth-order valence-electron chi connectivity index (χ4n) is 1.95. The molecule has 1 N–H and O–H groups in total. The van der Waals surface area contributed by atoms with Crippen molar-refractivity contribution in [3.8, 4) is 5.75 Å². The van der Waals surface area contributed by atoms with Gasteiger partial charge in [0.05, 0.1) is 11.3 Å². The number of benzene rings is 1. The Bertz CT molecular complexity index is 572. The van der Waals surface area contributed by atoms with E-state index in [1.54, 1.807) is 6.92 Å². The predicted octanol–water partition coefficient (Wildman–Crippen LogP) is 2.67. The molecule has 0 amide bonds. The van der Waals surface area contributed by atoms with Crippen LogP contribution in [0.25, 0.3) is 0 Å². The molecule has 0 aromatic heterocycles. The molecule has 0 aliphatic heterocycles. The molecule has 1 aromatic carbocycles. The second-order valence-electron chi connectivity index (χ2n) is 4.66. The van der Waals surface area contributed by atoms with Crippen molar-refractivity contribution >= 4 is 9.84 Å². The Labute approximate surface area is 122 Å². The Morgan fingerprint density at radius 2 is 1.86 bits per heavy atom. The molecule has 8 heteroatoms. The van der Waals surface area contributed by atoms with Crippen molar-refractivity contribution < 1.29 is 26.3 Å². The summed E-state index contributed by atoms with van der Waals surface area (Å²) in [6.07, 6.45) is -3.78. The Morgan fingerprint density at radius 3 is 2.33 bits per heavy atom. The smallest absolute Gasteiger partial charge is 0.405 e. The first-order valence-corrected chi connectivity index (χ1v) is 8.28. The Balaban J connectivity index is 3.26. The van der Waals surface area contributed by atoms with Gasteiger partial charge in [-0.1, -0.05) is 25.1 Å². The van der Waals surface area contributed by atoms with E-state index in [0.29, 0.717) is 6.54 Å². The van der Waals surface area contributed by atoms with Gasteiger partial charge in [-0.3, -0.25) is 0 Å². The topological polar surface area (TPSA) is 55.4 Å². The molecule has 2 unspecified atom stereocenters. The van der Waals surface area contributed by atoms with Gasteiger partial charge < -0.3 is 10.1 Å². The van der Waals surface area contributed by atoms with E-state index in [-0.39, 0.29) is 5.56 Å². The summed E-state index contributed by atoms with van der Waals surface area (Å²) < 4.78 is 64.8. The monoisotopic (exact) mass is 325 g/mol. The lowest BCUT2D eigenvalue weighted by Crippen LogP contribution is -2.35. The minimum absolute atomic E-state index is 0.162. The van der Waals surface area contributed by atoms with Crippen LogP contribution in [0.1, 0.15) is 25.5 Å². The van der Waals surface area contributed by atoms with Crippen LogP contribution in [0.5, 0.6) is 5.75 Å². The summed E-state index contributed by atoms with van der Waals surface area (Å²) in [6, 6.07) is 4.75. The number of para-hydroxylation sites is 1. The van der Waals surface area contributed by atoms with Gasteiger partial charge in [-0.2, -0.15) is 0 Å². The van der Waals surface area contributed by atoms with E-state index in [1.165, 1.54) is 31.2 Å². The molecule has 0 bridgehead atoms. The summed E-state index contributed by atoms with van der Waals surface area (Å²) in [5, 5.41) is 2.01. The van der Waals surface area contributed by atoms with Crippen molar-refractivity contribution in [2.24, 2.45) is 0 Å². The molecule has 0 spiro atoms. The summed E-state index contributed by atoms with van der Waals surface area (Å²) in [7, 11) is -3.43. The fraction of sp³-hybridized carbons (Fsp3) is 0.538. The lowest BCUT2D eigenvalue weighted by Gasteiger charge is -2.26. The molecule has 0 aliphatic carbocycles. The van der Waals surface area contributed by atoms with E-state index in [4.69, 9.17) is 0 Å². The molecule has 1 aromatic rings. The van der Waals surface area contributed by atoms with Gasteiger partial charge in [-0.25, -0.2) is 8.42 Å². The Kier molecular flexibility index (Phi) is 5.63. The number of nitrogens with one attached hydrogen (secondary N) is 1. The molecule has 1 rings (SSSR count). The largest absolute Gasteiger partial charge is 0.573 e. The fourth-order valence-corrected chi connectivity index (χ4v) is 2.69. The highest BCUT2D eigenvalue weighted by molar-refractivity contribution is 7.91. The zero-order valence-corrected chi connectivity index (χ0v) is 12.8. The van der Waals surface area contributed by atoms with Gasteiger partial charge in [-0.15, -0.1) is 13.2 Å². The zero-order valence-electron chi connectivity index (χ0n) is 11.9. The van der Waals surface area contributed by atoms with Gasteiger partial charge in [0.25, 0.3) is 0 Å². The first-order valence-electron chi connectivity index (χ1n) is 6.33. The molecule has 0 saturated carbocycles. The summed E-state index contributed by atoms with van der Waals surface area (Å²) in [5.41, 5.74) is 0.162. The molecular weight excluding hydrogens is 307 g/mol. The van der Waals surface area contributed by atoms with Gasteiger partial charge in [0.1, 0.15) is 5.75 Å². The van der Waals surface area contributed by atoms with E-state index in [9.17, 15) is 21.6 Å². The SMILES string of the molecule is CCNC(c1ccccc1OC(F)(F)F)C(C)S(C)(=O)=O. The third-order valence-corrected chi connectivity index (χ3v) is 4.67. The molecule has 4 nitrogen and oxygen atoms in total. The van der Waals surface area contributed by atoms with Gasteiger partial charge in [0.2, 0.25) is 0 Å². The molecule has 120 valence electrons. The van der Waals surface area contributed by atoms with Gasteiger partial charge in [-0.05, 0) is 19.5 Å². The van der Waals surface area contributed by atoms with Crippen molar-refractivity contribution in [1.29, 1.82) is 0 Å². The van der Waals surface area contributed by atoms with Crippen molar-refractivity contribution in [3.63, 3.8) is 0 Å². The van der Waals surface area contributed by atoms with Crippen LogP contribution in [-0.2, 0) is 9.84 Å². The van der Waals surface area contributed by atoms with Crippen LogP contribution in [0.15, 0.2) is 24.3 Å². The lowest BCUT2D eigenvalue weighted by atomic mass is 10.0. The minimum atomic E-state index is -4.83. The quantitative estimate of drug-likeness (QED) is 0.874. The van der Waals surface area contributed by atoms with Gasteiger partial charge in [0.15, 0.2) is 9.84 Å². The number of halogens is 3. The molecule has 0 fully saturated rings. The third-order valence-electron chi connectivity index (χ3n) is 3.05. The van der Waals surface area contributed by atoms with Gasteiger partial charge >= 0.3 is 6.36 Å². The minimum Gasteiger partial charge on any atom is -0.405 e. The van der Waals surface area contributed by atoms with Gasteiger partial charge in [0, 0.05) is 11.8 Å². The van der Waals surface area contributed by atoms with E-state index in [2.05, 4.69) is 10.1 Å². The van der Waals surface area contributed by atoms with Crippen molar-refractivity contribution in [1.82, 2.24) is 5.32 Å². The lowest BCUT2D eigenvalue weighted by molar-refractivity contribution is -0.275. The van der Waals surface area contributed by atoms with Crippen LogP contribution < -0.4 is 10.1 Å². The summed E-state index contributed by atoms with van der Waals surface area (Å²) >= 11 is 0. The third kappa shape index (κ3) is 5.20. The number of sulfone groups is 1. The molecule has 21 heavy (non-hydrogen) atoms. The number of alkyl halides is 3. The molecule has 0 saturated heterocycles. The molecule has 2 atom stereocenters. The first-order chi connectivity index (χ1) is 9.56. The maximum atomic E-state index is 12.4. The highest BCUT2D eigenvalue weighted by atomic mass is 32.2. The second-order valence-corrected chi connectivity index (χ2v) is 7.06. The molecule has 0 radical (unpaired) electrons. The average Bonchev–Trinajstić information content (AvgIpc) is 2.33. The van der Waals surface area contributed by atoms with Crippen LogP contribution in [0.3, 0.4) is 0 Å². The molecule has 0 aliphatic rings. The number of hydrogen-bond donors (Lipinski definition) is 1. The number of ether oxygens (including phenoxy) is 1. The highest BCUT2D eigenvalue weighted by Crippen LogP contribution is 2.33. The summed E-state index contributed by atoms with van der Waals surface area (Å²) in [4.78, 5) is 0. The normalized spacial score (nSPS) is 15.5. The van der Waals surface area contributed by atoms with Crippen LogP contribution in [0.4, 0.5) is 13.2 Å². The maximum absolute atomic E-state index is 12.4. The number of hydrogen-bond acceptors (Lipinski definition) is 4. The van der Waals surface area contributed by atoms with E-state index >= 15 is 0 Å². The zero-order chi connectivity index (χ0) is 16.3. The molecular formula is C13H18F3NO3S. The van der Waals surface area contributed by atoms with E-state index in [0.717, 1.165) is 6.26 Å². The number of rotatable bonds is 6. The van der Waals surface area contributed by atoms with Crippen LogP contribution in [-0.4, -0.2) is 32.8 Å². The first kappa shape index (κ1) is 17.8. The van der Waals surface area contributed by atoms with Crippen molar-refractivity contribution in [2.75, 3.05) is 12.8 Å².